The molecule has 94 valence electrons. The van der Waals surface area contributed by atoms with Crippen LogP contribution in [0.25, 0.3) is 22.2 Å². The number of nitrogens with one attached hydrogen (secondary N) is 1. The van der Waals surface area contributed by atoms with Crippen LogP contribution in [0.3, 0.4) is 0 Å². The van der Waals surface area contributed by atoms with Crippen molar-refractivity contribution >= 4 is 17.2 Å². The van der Waals surface area contributed by atoms with Crippen molar-refractivity contribution in [3.05, 3.63) is 59.4 Å². The SMILES string of the molecule is Cc1ccc(F)c2c(C=O)c(-c3ccccc3)[nH]c12. The van der Waals surface area contributed by atoms with Gasteiger partial charge in [0.1, 0.15) is 5.82 Å². The summed E-state index contributed by atoms with van der Waals surface area (Å²) in [4.78, 5) is 14.5. The van der Waals surface area contributed by atoms with E-state index >= 15 is 0 Å². The number of H-pyrrole nitrogens is 1. The number of carbonyl (C=O) groups is 1. The summed E-state index contributed by atoms with van der Waals surface area (Å²) in [5, 5.41) is 0.369. The van der Waals surface area contributed by atoms with Crippen LogP contribution in [0.5, 0.6) is 0 Å². The molecule has 0 unspecified atom stereocenters. The summed E-state index contributed by atoms with van der Waals surface area (Å²) < 4.78 is 14.0. The molecule has 0 aliphatic rings. The molecule has 0 aliphatic heterocycles. The van der Waals surface area contributed by atoms with Crippen LogP contribution < -0.4 is 0 Å². The summed E-state index contributed by atoms with van der Waals surface area (Å²) in [5.41, 5.74) is 3.52. The molecule has 0 amide bonds. The molecule has 0 spiro atoms. The molecule has 0 atom stereocenters. The van der Waals surface area contributed by atoms with E-state index in [1.165, 1.54) is 6.07 Å². The first-order valence-corrected chi connectivity index (χ1v) is 6.03. The Morgan fingerprint density at radius 1 is 1.11 bits per heavy atom. The van der Waals surface area contributed by atoms with Crippen molar-refractivity contribution in [1.82, 2.24) is 4.98 Å². The summed E-state index contributed by atoms with van der Waals surface area (Å²) in [6.07, 6.45) is 0.712. The lowest BCUT2D eigenvalue weighted by atomic mass is 10.0. The highest BCUT2D eigenvalue weighted by atomic mass is 19.1. The van der Waals surface area contributed by atoms with Gasteiger partial charge in [-0.3, -0.25) is 4.79 Å². The average molecular weight is 253 g/mol. The van der Waals surface area contributed by atoms with Crippen LogP contribution in [0.4, 0.5) is 4.39 Å². The third-order valence-corrected chi connectivity index (χ3v) is 3.33. The lowest BCUT2D eigenvalue weighted by Crippen LogP contribution is -1.85. The second-order valence-corrected chi connectivity index (χ2v) is 4.51. The van der Waals surface area contributed by atoms with Gasteiger partial charge in [0.25, 0.3) is 0 Å². The predicted molar refractivity (Wildman–Crippen MR) is 73.8 cm³/mol. The first-order chi connectivity index (χ1) is 9.22. The number of aromatic amines is 1. The lowest BCUT2D eigenvalue weighted by Gasteiger charge is -1.98. The van der Waals surface area contributed by atoms with Crippen molar-refractivity contribution in [2.24, 2.45) is 0 Å². The summed E-state index contributed by atoms with van der Waals surface area (Å²) in [6.45, 7) is 1.89. The van der Waals surface area contributed by atoms with Crippen molar-refractivity contribution in [2.75, 3.05) is 0 Å². The van der Waals surface area contributed by atoms with E-state index in [0.717, 1.165) is 11.1 Å². The molecule has 2 aromatic carbocycles. The van der Waals surface area contributed by atoms with E-state index in [1.54, 1.807) is 6.07 Å². The molecule has 0 saturated carbocycles. The largest absolute Gasteiger partial charge is 0.354 e. The summed E-state index contributed by atoms with van der Waals surface area (Å²) in [5.74, 6) is -0.374. The molecule has 3 aromatic rings. The molecule has 0 bridgehead atoms. The van der Waals surface area contributed by atoms with Crippen LogP contribution in [-0.4, -0.2) is 11.3 Å². The molecule has 0 radical (unpaired) electrons. The number of benzene rings is 2. The second kappa shape index (κ2) is 4.35. The number of rotatable bonds is 2. The number of halogens is 1. The first-order valence-electron chi connectivity index (χ1n) is 6.03. The summed E-state index contributed by atoms with van der Waals surface area (Å²) in [6, 6.07) is 12.6. The number of carbonyl (C=O) groups excluding carboxylic acids is 1. The minimum atomic E-state index is -0.374. The van der Waals surface area contributed by atoms with Crippen LogP contribution in [-0.2, 0) is 0 Å². The Bertz CT molecular complexity index is 759. The van der Waals surface area contributed by atoms with Gasteiger partial charge < -0.3 is 4.98 Å². The predicted octanol–water partition coefficient (Wildman–Crippen LogP) is 4.09. The van der Waals surface area contributed by atoms with Gasteiger partial charge in [0.05, 0.1) is 16.8 Å². The van der Waals surface area contributed by atoms with Gasteiger partial charge in [-0.05, 0) is 24.1 Å². The maximum atomic E-state index is 14.0. The van der Waals surface area contributed by atoms with E-state index in [4.69, 9.17) is 0 Å². The Morgan fingerprint density at radius 3 is 2.53 bits per heavy atom. The monoisotopic (exact) mass is 253 g/mol. The quantitative estimate of drug-likeness (QED) is 0.685. The zero-order chi connectivity index (χ0) is 13.4. The fourth-order valence-electron chi connectivity index (χ4n) is 2.37. The van der Waals surface area contributed by atoms with Gasteiger partial charge in [-0.1, -0.05) is 36.4 Å². The van der Waals surface area contributed by atoms with E-state index in [9.17, 15) is 9.18 Å². The van der Waals surface area contributed by atoms with Gasteiger partial charge in [0.15, 0.2) is 6.29 Å². The fourth-order valence-corrected chi connectivity index (χ4v) is 2.37. The number of fused-ring (bicyclic) bond motifs is 1. The van der Waals surface area contributed by atoms with Crippen LogP contribution in [0.15, 0.2) is 42.5 Å². The molecule has 0 fully saturated rings. The molecule has 19 heavy (non-hydrogen) atoms. The van der Waals surface area contributed by atoms with Crippen LogP contribution >= 0.6 is 0 Å². The highest BCUT2D eigenvalue weighted by Gasteiger charge is 2.16. The van der Waals surface area contributed by atoms with E-state index < -0.39 is 0 Å². The van der Waals surface area contributed by atoms with Gasteiger partial charge in [-0.15, -0.1) is 0 Å². The Morgan fingerprint density at radius 2 is 1.84 bits per heavy atom. The Balaban J connectivity index is 2.42. The zero-order valence-corrected chi connectivity index (χ0v) is 10.4. The zero-order valence-electron chi connectivity index (χ0n) is 10.4. The summed E-state index contributed by atoms with van der Waals surface area (Å²) >= 11 is 0. The van der Waals surface area contributed by atoms with E-state index in [1.807, 2.05) is 37.3 Å². The molecule has 1 aromatic heterocycles. The molecule has 1 heterocycles. The number of aldehydes is 1. The van der Waals surface area contributed by atoms with Crippen LogP contribution in [0.2, 0.25) is 0 Å². The van der Waals surface area contributed by atoms with E-state index in [2.05, 4.69) is 4.98 Å². The third-order valence-electron chi connectivity index (χ3n) is 3.33. The molecule has 1 N–H and O–H groups in total. The van der Waals surface area contributed by atoms with Gasteiger partial charge in [-0.2, -0.15) is 0 Å². The van der Waals surface area contributed by atoms with Gasteiger partial charge >= 0.3 is 0 Å². The smallest absolute Gasteiger partial charge is 0.152 e. The fraction of sp³-hybridized carbons (Fsp3) is 0.0625. The average Bonchev–Trinajstić information content (AvgIpc) is 2.84. The topological polar surface area (TPSA) is 32.9 Å². The highest BCUT2D eigenvalue weighted by molar-refractivity contribution is 6.05. The molecule has 0 saturated heterocycles. The minimum Gasteiger partial charge on any atom is -0.354 e. The summed E-state index contributed by atoms with van der Waals surface area (Å²) in [7, 11) is 0. The molecule has 2 nitrogen and oxygen atoms in total. The van der Waals surface area contributed by atoms with Crippen LogP contribution in [0, 0.1) is 12.7 Å². The standard InChI is InChI=1S/C16H12FNO/c1-10-7-8-13(17)14-12(9-19)16(18-15(10)14)11-5-3-2-4-6-11/h2-9,18H,1H3. The molecule has 3 heteroatoms. The van der Waals surface area contributed by atoms with Crippen molar-refractivity contribution in [3.63, 3.8) is 0 Å². The van der Waals surface area contributed by atoms with Crippen molar-refractivity contribution < 1.29 is 9.18 Å². The third kappa shape index (κ3) is 1.74. The highest BCUT2D eigenvalue weighted by Crippen LogP contribution is 2.32. The maximum Gasteiger partial charge on any atom is 0.152 e. The number of aromatic nitrogens is 1. The molecule has 0 aliphatic carbocycles. The molecular weight excluding hydrogens is 241 g/mol. The van der Waals surface area contributed by atoms with E-state index in [0.29, 0.717) is 28.4 Å². The lowest BCUT2D eigenvalue weighted by molar-refractivity contribution is 0.112. The number of aryl methyl sites for hydroxylation is 1. The van der Waals surface area contributed by atoms with E-state index in [-0.39, 0.29) is 5.82 Å². The Hall–Kier alpha value is -2.42. The van der Waals surface area contributed by atoms with Crippen molar-refractivity contribution in [2.45, 2.75) is 6.92 Å². The normalized spacial score (nSPS) is 10.8. The van der Waals surface area contributed by atoms with Crippen LogP contribution in [0.1, 0.15) is 15.9 Å². The van der Waals surface area contributed by atoms with Gasteiger partial charge in [0, 0.05) is 5.39 Å². The maximum absolute atomic E-state index is 14.0. The Labute approximate surface area is 109 Å². The molecular formula is C16H12FNO. The van der Waals surface area contributed by atoms with Gasteiger partial charge in [0.2, 0.25) is 0 Å². The minimum absolute atomic E-state index is 0.369. The number of hydrogen-bond acceptors (Lipinski definition) is 1. The molecule has 3 rings (SSSR count). The second-order valence-electron chi connectivity index (χ2n) is 4.51. The van der Waals surface area contributed by atoms with Crippen molar-refractivity contribution in [3.8, 4) is 11.3 Å². The first kappa shape index (κ1) is 11.7. The van der Waals surface area contributed by atoms with Crippen molar-refractivity contribution in [1.29, 1.82) is 0 Å². The number of hydrogen-bond donors (Lipinski definition) is 1. The van der Waals surface area contributed by atoms with Gasteiger partial charge in [-0.25, -0.2) is 4.39 Å². The Kier molecular flexibility index (Phi) is 2.67.